The third-order valence-corrected chi connectivity index (χ3v) is 4.77. The van der Waals surface area contributed by atoms with Crippen LogP contribution in [-0.2, 0) is 6.54 Å². The fraction of sp³-hybridized carbons (Fsp3) is 0.136. The summed E-state index contributed by atoms with van der Waals surface area (Å²) in [5, 5.41) is 7.71. The minimum atomic E-state index is -0.692. The summed E-state index contributed by atoms with van der Waals surface area (Å²) >= 11 is 0. The molecule has 0 fully saturated rings. The standard InChI is InChI=1S/C22H19F2N5O3/c1-2-29-12-16-18(9-10-25-20(16)28-22(29)31)32-19-8-7-15(11-17(19)24)27-21(30)26-14-5-3-13(23)4-6-14/h3-11H,2,12H2,1H3,(H,25,28,31)(H2,26,27,30). The monoisotopic (exact) mass is 439 g/mol. The number of aromatic nitrogens is 1. The van der Waals surface area contributed by atoms with E-state index in [4.69, 9.17) is 4.74 Å². The Morgan fingerprint density at radius 2 is 1.81 bits per heavy atom. The molecule has 0 bridgehead atoms. The van der Waals surface area contributed by atoms with Crippen molar-refractivity contribution in [2.24, 2.45) is 0 Å². The molecule has 32 heavy (non-hydrogen) atoms. The smallest absolute Gasteiger partial charge is 0.323 e. The van der Waals surface area contributed by atoms with Crippen LogP contribution >= 0.6 is 0 Å². The van der Waals surface area contributed by atoms with Crippen molar-refractivity contribution >= 4 is 29.3 Å². The van der Waals surface area contributed by atoms with Crippen LogP contribution in [-0.4, -0.2) is 28.5 Å². The van der Waals surface area contributed by atoms with Gasteiger partial charge in [-0.2, -0.15) is 0 Å². The highest BCUT2D eigenvalue weighted by Crippen LogP contribution is 2.34. The molecule has 3 N–H and O–H groups in total. The number of pyridine rings is 1. The Kier molecular flexibility index (Phi) is 5.84. The van der Waals surface area contributed by atoms with Crippen molar-refractivity contribution in [3.05, 3.63) is 71.9 Å². The van der Waals surface area contributed by atoms with Crippen LogP contribution in [0.3, 0.4) is 0 Å². The number of nitrogens with one attached hydrogen (secondary N) is 3. The quantitative estimate of drug-likeness (QED) is 0.512. The summed E-state index contributed by atoms with van der Waals surface area (Å²) in [7, 11) is 0. The third kappa shape index (κ3) is 4.59. The maximum absolute atomic E-state index is 14.7. The van der Waals surface area contributed by atoms with Crippen LogP contribution in [0, 0.1) is 11.6 Å². The van der Waals surface area contributed by atoms with Crippen LogP contribution in [0.2, 0.25) is 0 Å². The molecule has 164 valence electrons. The second-order valence-electron chi connectivity index (χ2n) is 6.91. The van der Waals surface area contributed by atoms with Gasteiger partial charge < -0.3 is 20.3 Å². The third-order valence-electron chi connectivity index (χ3n) is 4.77. The van der Waals surface area contributed by atoms with Gasteiger partial charge in [-0.05, 0) is 49.4 Å². The van der Waals surface area contributed by atoms with Crippen LogP contribution in [0.1, 0.15) is 12.5 Å². The molecule has 2 heterocycles. The summed E-state index contributed by atoms with van der Waals surface area (Å²) in [5.74, 6) is -0.436. The highest BCUT2D eigenvalue weighted by molar-refractivity contribution is 5.99. The summed E-state index contributed by atoms with van der Waals surface area (Å²) < 4.78 is 33.4. The molecule has 0 saturated carbocycles. The van der Waals surface area contributed by atoms with E-state index < -0.39 is 17.7 Å². The topological polar surface area (TPSA) is 95.6 Å². The molecule has 0 atom stereocenters. The lowest BCUT2D eigenvalue weighted by Gasteiger charge is -2.28. The number of carbonyl (C=O) groups excluding carboxylic acids is 2. The van der Waals surface area contributed by atoms with Crippen LogP contribution in [0.5, 0.6) is 11.5 Å². The van der Waals surface area contributed by atoms with Gasteiger partial charge in [-0.15, -0.1) is 0 Å². The number of fused-ring (bicyclic) bond motifs is 1. The molecule has 3 aromatic rings. The summed E-state index contributed by atoms with van der Waals surface area (Å²) in [6.45, 7) is 2.62. The van der Waals surface area contributed by atoms with E-state index in [9.17, 15) is 18.4 Å². The van der Waals surface area contributed by atoms with Crippen molar-refractivity contribution in [2.45, 2.75) is 13.5 Å². The molecule has 0 radical (unpaired) electrons. The second-order valence-corrected chi connectivity index (χ2v) is 6.91. The normalized spacial score (nSPS) is 12.6. The summed E-state index contributed by atoms with van der Waals surface area (Å²) in [5.41, 5.74) is 1.23. The maximum Gasteiger partial charge on any atom is 0.323 e. The lowest BCUT2D eigenvalue weighted by atomic mass is 10.2. The molecule has 1 aliphatic rings. The van der Waals surface area contributed by atoms with Gasteiger partial charge in [-0.1, -0.05) is 0 Å². The van der Waals surface area contributed by atoms with Crippen molar-refractivity contribution in [1.82, 2.24) is 9.88 Å². The highest BCUT2D eigenvalue weighted by Gasteiger charge is 2.25. The first-order valence-electron chi connectivity index (χ1n) is 9.77. The summed E-state index contributed by atoms with van der Waals surface area (Å²) in [4.78, 5) is 29.8. The van der Waals surface area contributed by atoms with Gasteiger partial charge in [0.15, 0.2) is 11.6 Å². The van der Waals surface area contributed by atoms with E-state index in [0.29, 0.717) is 29.4 Å². The number of rotatable bonds is 5. The number of halogens is 2. The average molecular weight is 439 g/mol. The van der Waals surface area contributed by atoms with E-state index >= 15 is 0 Å². The Bertz CT molecular complexity index is 1170. The molecule has 0 spiro atoms. The van der Waals surface area contributed by atoms with Gasteiger partial charge in [0.05, 0.1) is 12.1 Å². The number of amides is 4. The number of carbonyl (C=O) groups is 2. The molecule has 2 aromatic carbocycles. The van der Waals surface area contributed by atoms with Gasteiger partial charge >= 0.3 is 12.1 Å². The van der Waals surface area contributed by atoms with Crippen molar-refractivity contribution in [3.8, 4) is 11.5 Å². The molecule has 4 amide bonds. The van der Waals surface area contributed by atoms with Gasteiger partial charge in [0, 0.05) is 30.2 Å². The predicted octanol–water partition coefficient (Wildman–Crippen LogP) is 5.16. The number of hydrogen-bond donors (Lipinski definition) is 3. The van der Waals surface area contributed by atoms with Gasteiger partial charge in [-0.25, -0.2) is 23.4 Å². The van der Waals surface area contributed by atoms with Gasteiger partial charge in [0.25, 0.3) is 0 Å². The molecule has 8 nitrogen and oxygen atoms in total. The molecular weight excluding hydrogens is 420 g/mol. The zero-order chi connectivity index (χ0) is 22.7. The van der Waals surface area contributed by atoms with Crippen LogP contribution in [0.25, 0.3) is 0 Å². The Morgan fingerprint density at radius 3 is 2.53 bits per heavy atom. The zero-order valence-electron chi connectivity index (χ0n) is 17.0. The lowest BCUT2D eigenvalue weighted by Crippen LogP contribution is -2.38. The highest BCUT2D eigenvalue weighted by atomic mass is 19.1. The van der Waals surface area contributed by atoms with Gasteiger partial charge in [-0.3, -0.25) is 5.32 Å². The minimum absolute atomic E-state index is 0.0529. The van der Waals surface area contributed by atoms with E-state index in [0.717, 1.165) is 6.07 Å². The van der Waals surface area contributed by atoms with Gasteiger partial charge in [0.1, 0.15) is 17.4 Å². The van der Waals surface area contributed by atoms with E-state index in [1.54, 1.807) is 11.0 Å². The summed E-state index contributed by atoms with van der Waals surface area (Å²) in [6.07, 6.45) is 1.46. The number of nitrogens with zero attached hydrogens (tertiary/aromatic N) is 2. The lowest BCUT2D eigenvalue weighted by molar-refractivity contribution is 0.209. The van der Waals surface area contributed by atoms with Crippen LogP contribution < -0.4 is 20.7 Å². The number of anilines is 3. The predicted molar refractivity (Wildman–Crippen MR) is 115 cm³/mol. The maximum atomic E-state index is 14.7. The Hall–Kier alpha value is -4.21. The van der Waals surface area contributed by atoms with E-state index in [1.165, 1.54) is 42.6 Å². The summed E-state index contributed by atoms with van der Waals surface area (Å²) in [6, 6.07) is 9.95. The number of ether oxygens (including phenoxy) is 1. The molecule has 0 saturated heterocycles. The molecule has 1 aliphatic heterocycles. The van der Waals surface area contributed by atoms with Crippen LogP contribution in [0.15, 0.2) is 54.7 Å². The van der Waals surface area contributed by atoms with Gasteiger partial charge in [0.2, 0.25) is 0 Å². The van der Waals surface area contributed by atoms with E-state index in [1.807, 2.05) is 6.92 Å². The van der Waals surface area contributed by atoms with Crippen LogP contribution in [0.4, 0.5) is 35.6 Å². The number of urea groups is 2. The number of hydrogen-bond acceptors (Lipinski definition) is 4. The van der Waals surface area contributed by atoms with E-state index in [2.05, 4.69) is 20.9 Å². The zero-order valence-corrected chi connectivity index (χ0v) is 17.0. The fourth-order valence-electron chi connectivity index (χ4n) is 3.14. The first-order chi connectivity index (χ1) is 15.4. The molecule has 0 aliphatic carbocycles. The number of benzene rings is 2. The molecular formula is C22H19F2N5O3. The molecule has 4 rings (SSSR count). The fourth-order valence-corrected chi connectivity index (χ4v) is 3.14. The second kappa shape index (κ2) is 8.88. The molecule has 10 heteroatoms. The Morgan fingerprint density at radius 1 is 1.09 bits per heavy atom. The van der Waals surface area contributed by atoms with Crippen molar-refractivity contribution in [2.75, 3.05) is 22.5 Å². The Labute approximate surface area is 182 Å². The minimum Gasteiger partial charge on any atom is -0.454 e. The SMILES string of the molecule is CCN1Cc2c(Oc3ccc(NC(=O)Nc4ccc(F)cc4)cc3F)ccnc2NC1=O. The Balaban J connectivity index is 1.46. The largest absolute Gasteiger partial charge is 0.454 e. The molecule has 0 unspecified atom stereocenters. The van der Waals surface area contributed by atoms with Crippen molar-refractivity contribution < 1.29 is 23.1 Å². The van der Waals surface area contributed by atoms with Crippen molar-refractivity contribution in [1.29, 1.82) is 0 Å². The van der Waals surface area contributed by atoms with E-state index in [-0.39, 0.29) is 24.0 Å². The first kappa shape index (κ1) is 21.0. The molecule has 1 aromatic heterocycles. The van der Waals surface area contributed by atoms with Crippen molar-refractivity contribution in [3.63, 3.8) is 0 Å². The average Bonchev–Trinajstić information content (AvgIpc) is 2.77. The first-order valence-corrected chi connectivity index (χ1v) is 9.77.